The Morgan fingerprint density at radius 3 is 2.40 bits per heavy atom. The second kappa shape index (κ2) is 5.78. The molecule has 0 aliphatic rings. The molecule has 0 fully saturated rings. The van der Waals surface area contributed by atoms with Gasteiger partial charge in [0.05, 0.1) is 12.6 Å². The Hall–Kier alpha value is -1.00. The van der Waals surface area contributed by atoms with E-state index in [-0.39, 0.29) is 6.61 Å². The molecule has 0 aliphatic carbocycles. The topological polar surface area (TPSA) is 35.2 Å². The van der Waals surface area contributed by atoms with E-state index < -0.39 is 17.7 Å². The summed E-state index contributed by atoms with van der Waals surface area (Å²) in [7, 11) is 0. The largest absolute Gasteiger partial charge is 0.379 e. The van der Waals surface area contributed by atoms with Gasteiger partial charge in [0.15, 0.2) is 0 Å². The zero-order valence-electron chi connectivity index (χ0n) is 8.67. The molecular weight excluding hydrogens is 200 g/mol. The number of hydrogen-bond donors (Lipinski definition) is 1. The fourth-order valence-corrected chi connectivity index (χ4v) is 1.24. The molecule has 0 saturated carbocycles. The van der Waals surface area contributed by atoms with E-state index in [2.05, 4.69) is 0 Å². The van der Waals surface area contributed by atoms with Crippen molar-refractivity contribution >= 4 is 0 Å². The van der Waals surface area contributed by atoms with Crippen molar-refractivity contribution in [3.8, 4) is 0 Å². The number of ether oxygens (including phenoxy) is 1. The summed E-state index contributed by atoms with van der Waals surface area (Å²) in [5.74, 6) is -1.23. The Balaban J connectivity index is 2.60. The van der Waals surface area contributed by atoms with Gasteiger partial charge in [-0.3, -0.25) is 0 Å². The summed E-state index contributed by atoms with van der Waals surface area (Å²) in [4.78, 5) is 0. The minimum atomic E-state index is -0.615. The summed E-state index contributed by atoms with van der Waals surface area (Å²) in [5.41, 5.74) is 6.14. The zero-order chi connectivity index (χ0) is 11.3. The van der Waals surface area contributed by atoms with Crippen LogP contribution in [-0.4, -0.2) is 13.2 Å². The molecule has 2 N–H and O–H groups in total. The van der Waals surface area contributed by atoms with E-state index in [4.69, 9.17) is 10.5 Å². The van der Waals surface area contributed by atoms with Crippen LogP contribution in [0.2, 0.25) is 0 Å². The minimum Gasteiger partial charge on any atom is -0.379 e. The average molecular weight is 215 g/mol. The lowest BCUT2D eigenvalue weighted by molar-refractivity contribution is 0.121. The van der Waals surface area contributed by atoms with Gasteiger partial charge >= 0.3 is 0 Å². The molecule has 0 bridgehead atoms. The second-order valence-corrected chi connectivity index (χ2v) is 3.38. The second-order valence-electron chi connectivity index (χ2n) is 3.38. The van der Waals surface area contributed by atoms with Crippen molar-refractivity contribution in [2.45, 2.75) is 19.4 Å². The number of hydrogen-bond acceptors (Lipinski definition) is 2. The molecule has 0 saturated heterocycles. The highest BCUT2D eigenvalue weighted by molar-refractivity contribution is 5.21. The third-order valence-corrected chi connectivity index (χ3v) is 1.96. The predicted octanol–water partition coefficient (Wildman–Crippen LogP) is 2.39. The summed E-state index contributed by atoms with van der Waals surface area (Å²) in [6, 6.07) is 2.79. The first kappa shape index (κ1) is 12.1. The Kier molecular flexibility index (Phi) is 4.65. The van der Waals surface area contributed by atoms with E-state index in [9.17, 15) is 8.78 Å². The van der Waals surface area contributed by atoms with Crippen LogP contribution in [0.1, 0.15) is 24.9 Å². The van der Waals surface area contributed by atoms with Crippen LogP contribution in [0.5, 0.6) is 0 Å². The van der Waals surface area contributed by atoms with Crippen molar-refractivity contribution in [1.29, 1.82) is 0 Å². The fourth-order valence-electron chi connectivity index (χ4n) is 1.24. The molecule has 0 radical (unpaired) electrons. The highest BCUT2D eigenvalue weighted by atomic mass is 19.1. The third kappa shape index (κ3) is 3.93. The lowest BCUT2D eigenvalue weighted by Crippen LogP contribution is -2.17. The van der Waals surface area contributed by atoms with Crippen molar-refractivity contribution in [2.75, 3.05) is 13.2 Å². The Bertz CT molecular complexity index is 297. The summed E-state index contributed by atoms with van der Waals surface area (Å²) in [6.45, 7) is 2.86. The Morgan fingerprint density at radius 2 is 1.87 bits per heavy atom. The van der Waals surface area contributed by atoms with Crippen LogP contribution in [0.25, 0.3) is 0 Å². The molecule has 0 heterocycles. The Labute approximate surface area is 88.0 Å². The molecule has 0 spiro atoms. The molecule has 84 valence electrons. The molecule has 1 rings (SSSR count). The summed E-state index contributed by atoms with van der Waals surface area (Å²) in [6.07, 6.45) is 0.893. The van der Waals surface area contributed by atoms with E-state index in [0.29, 0.717) is 12.2 Å². The van der Waals surface area contributed by atoms with Crippen molar-refractivity contribution in [2.24, 2.45) is 5.73 Å². The smallest absolute Gasteiger partial charge is 0.126 e. The molecule has 0 aliphatic heterocycles. The summed E-state index contributed by atoms with van der Waals surface area (Å²) >= 11 is 0. The molecule has 0 aromatic heterocycles. The van der Waals surface area contributed by atoms with Gasteiger partial charge in [-0.2, -0.15) is 0 Å². The SMILES string of the molecule is CCCOCC(N)c1cc(F)cc(F)c1. The third-order valence-electron chi connectivity index (χ3n) is 1.96. The van der Waals surface area contributed by atoms with E-state index in [0.717, 1.165) is 12.5 Å². The van der Waals surface area contributed by atoms with Crippen LogP contribution in [0.3, 0.4) is 0 Å². The van der Waals surface area contributed by atoms with Gasteiger partial charge in [0.1, 0.15) is 11.6 Å². The molecule has 4 heteroatoms. The molecule has 1 aromatic carbocycles. The van der Waals surface area contributed by atoms with Gasteiger partial charge in [-0.15, -0.1) is 0 Å². The molecule has 1 unspecified atom stereocenters. The first-order valence-electron chi connectivity index (χ1n) is 4.92. The van der Waals surface area contributed by atoms with Crippen LogP contribution in [-0.2, 0) is 4.74 Å². The van der Waals surface area contributed by atoms with Crippen molar-refractivity contribution in [1.82, 2.24) is 0 Å². The maximum absolute atomic E-state index is 12.8. The summed E-state index contributed by atoms with van der Waals surface area (Å²) in [5, 5.41) is 0. The van der Waals surface area contributed by atoms with Crippen molar-refractivity contribution in [3.05, 3.63) is 35.4 Å². The molecule has 0 amide bonds. The standard InChI is InChI=1S/C11H15F2NO/c1-2-3-15-7-11(14)8-4-9(12)6-10(13)5-8/h4-6,11H,2-3,7,14H2,1H3. The maximum Gasteiger partial charge on any atom is 0.126 e. The lowest BCUT2D eigenvalue weighted by atomic mass is 10.1. The lowest BCUT2D eigenvalue weighted by Gasteiger charge is -2.12. The van der Waals surface area contributed by atoms with Gasteiger partial charge in [-0.25, -0.2) is 8.78 Å². The minimum absolute atomic E-state index is 0.275. The summed E-state index contributed by atoms with van der Waals surface area (Å²) < 4.78 is 30.9. The number of nitrogens with two attached hydrogens (primary N) is 1. The van der Waals surface area contributed by atoms with Crippen LogP contribution in [0.4, 0.5) is 8.78 Å². The van der Waals surface area contributed by atoms with Crippen molar-refractivity contribution in [3.63, 3.8) is 0 Å². The predicted molar refractivity (Wildman–Crippen MR) is 54.4 cm³/mol. The first-order valence-corrected chi connectivity index (χ1v) is 4.92. The number of rotatable bonds is 5. The van der Waals surface area contributed by atoms with Gasteiger partial charge in [-0.1, -0.05) is 6.92 Å². The maximum atomic E-state index is 12.8. The number of benzene rings is 1. The quantitative estimate of drug-likeness (QED) is 0.765. The molecule has 1 atom stereocenters. The molecule has 1 aromatic rings. The molecular formula is C11H15F2NO. The van der Waals surface area contributed by atoms with Gasteiger partial charge in [0, 0.05) is 12.7 Å². The van der Waals surface area contributed by atoms with E-state index in [1.165, 1.54) is 12.1 Å². The van der Waals surface area contributed by atoms with Crippen LogP contribution in [0.15, 0.2) is 18.2 Å². The van der Waals surface area contributed by atoms with Crippen molar-refractivity contribution < 1.29 is 13.5 Å². The van der Waals surface area contributed by atoms with E-state index in [1.807, 2.05) is 6.92 Å². The van der Waals surface area contributed by atoms with Gasteiger partial charge in [0.2, 0.25) is 0 Å². The highest BCUT2D eigenvalue weighted by Crippen LogP contribution is 2.14. The van der Waals surface area contributed by atoms with Crippen LogP contribution >= 0.6 is 0 Å². The molecule has 2 nitrogen and oxygen atoms in total. The monoisotopic (exact) mass is 215 g/mol. The van der Waals surface area contributed by atoms with E-state index in [1.54, 1.807) is 0 Å². The van der Waals surface area contributed by atoms with Crippen LogP contribution < -0.4 is 5.73 Å². The molecule has 15 heavy (non-hydrogen) atoms. The Morgan fingerprint density at radius 1 is 1.27 bits per heavy atom. The highest BCUT2D eigenvalue weighted by Gasteiger charge is 2.08. The van der Waals surface area contributed by atoms with Gasteiger partial charge in [0.25, 0.3) is 0 Å². The first-order chi connectivity index (χ1) is 7.13. The van der Waals surface area contributed by atoms with Gasteiger partial charge in [-0.05, 0) is 24.1 Å². The number of halogens is 2. The van der Waals surface area contributed by atoms with Gasteiger partial charge < -0.3 is 10.5 Å². The fraction of sp³-hybridized carbons (Fsp3) is 0.455. The van der Waals surface area contributed by atoms with Crippen LogP contribution in [0, 0.1) is 11.6 Å². The zero-order valence-corrected chi connectivity index (χ0v) is 8.67. The normalized spacial score (nSPS) is 12.8. The average Bonchev–Trinajstić information content (AvgIpc) is 2.16. The van der Waals surface area contributed by atoms with E-state index >= 15 is 0 Å².